The third kappa shape index (κ3) is 5.18. The lowest BCUT2D eigenvalue weighted by atomic mass is 10.0. The number of halogens is 3. The van der Waals surface area contributed by atoms with Crippen LogP contribution in [-0.4, -0.2) is 72.6 Å². The molecule has 1 aromatic carbocycles. The lowest BCUT2D eigenvalue weighted by Gasteiger charge is -2.36. The van der Waals surface area contributed by atoms with Gasteiger partial charge in [0.15, 0.2) is 0 Å². The maximum atomic E-state index is 12.6. The van der Waals surface area contributed by atoms with Crippen molar-refractivity contribution in [1.82, 2.24) is 15.1 Å². The summed E-state index contributed by atoms with van der Waals surface area (Å²) in [5.41, 5.74) is -0.733. The molecule has 1 heterocycles. The molecule has 1 saturated heterocycles. The summed E-state index contributed by atoms with van der Waals surface area (Å²) in [6.45, 7) is 0.940. The van der Waals surface area contributed by atoms with Crippen molar-refractivity contribution in [3.63, 3.8) is 0 Å². The zero-order valence-electron chi connectivity index (χ0n) is 14.6. The predicted molar refractivity (Wildman–Crippen MR) is 88.5 cm³/mol. The maximum Gasteiger partial charge on any atom is 0.416 e. The zero-order valence-corrected chi connectivity index (χ0v) is 14.6. The first-order valence-corrected chi connectivity index (χ1v) is 8.16. The highest BCUT2D eigenvalue weighted by molar-refractivity contribution is 5.94. The van der Waals surface area contributed by atoms with Gasteiger partial charge in [-0.3, -0.25) is 14.5 Å². The van der Waals surface area contributed by atoms with Crippen molar-refractivity contribution in [2.75, 3.05) is 33.7 Å². The van der Waals surface area contributed by atoms with Crippen LogP contribution in [0.25, 0.3) is 0 Å². The molecule has 144 valence electrons. The van der Waals surface area contributed by atoms with Crippen molar-refractivity contribution in [3.05, 3.63) is 35.4 Å². The minimum absolute atomic E-state index is 0.0792. The predicted octanol–water partition coefficient (Wildman–Crippen LogP) is 0.959. The first-order chi connectivity index (χ1) is 12.1. The minimum atomic E-state index is -4.46. The average Bonchev–Trinajstić information content (AvgIpc) is 2.56. The van der Waals surface area contributed by atoms with Crippen LogP contribution < -0.4 is 5.32 Å². The van der Waals surface area contributed by atoms with Crippen molar-refractivity contribution in [2.24, 2.45) is 0 Å². The Balaban J connectivity index is 1.91. The van der Waals surface area contributed by atoms with Crippen molar-refractivity contribution < 1.29 is 27.9 Å². The topological polar surface area (TPSA) is 72.9 Å². The second kappa shape index (κ2) is 8.05. The first-order valence-electron chi connectivity index (χ1n) is 8.16. The van der Waals surface area contributed by atoms with E-state index in [4.69, 9.17) is 0 Å². The number of likely N-dealkylation sites (N-methyl/N-ethyl adjacent to an activating group) is 1. The number of β-amino-alcohol motifs (C(OH)–C–C–N with tert-alkyl or cyclic N) is 1. The van der Waals surface area contributed by atoms with E-state index in [2.05, 4.69) is 5.32 Å². The summed E-state index contributed by atoms with van der Waals surface area (Å²) >= 11 is 0. The van der Waals surface area contributed by atoms with Crippen LogP contribution in [0.4, 0.5) is 13.2 Å². The van der Waals surface area contributed by atoms with E-state index in [1.54, 1.807) is 19.0 Å². The number of nitrogens with zero attached hydrogens (tertiary/aromatic N) is 2. The third-order valence-electron chi connectivity index (χ3n) is 4.31. The van der Waals surface area contributed by atoms with Gasteiger partial charge in [-0.25, -0.2) is 0 Å². The summed E-state index contributed by atoms with van der Waals surface area (Å²) in [6, 6.07) is 3.39. The number of alkyl halides is 3. The first kappa shape index (κ1) is 20.2. The zero-order chi connectivity index (χ0) is 19.5. The van der Waals surface area contributed by atoms with E-state index in [-0.39, 0.29) is 24.6 Å². The van der Waals surface area contributed by atoms with E-state index in [0.29, 0.717) is 13.0 Å². The summed E-state index contributed by atoms with van der Waals surface area (Å²) < 4.78 is 37.7. The highest BCUT2D eigenvalue weighted by Crippen LogP contribution is 2.29. The summed E-state index contributed by atoms with van der Waals surface area (Å²) in [6.07, 6.45) is -4.88. The molecule has 2 amide bonds. The molecule has 2 rings (SSSR count). The molecule has 2 N–H and O–H groups in total. The van der Waals surface area contributed by atoms with Crippen LogP contribution in [0.5, 0.6) is 0 Å². The van der Waals surface area contributed by atoms with E-state index in [9.17, 15) is 27.9 Å². The van der Waals surface area contributed by atoms with E-state index in [1.807, 2.05) is 0 Å². The highest BCUT2D eigenvalue weighted by Gasteiger charge is 2.32. The van der Waals surface area contributed by atoms with Gasteiger partial charge >= 0.3 is 6.18 Å². The van der Waals surface area contributed by atoms with Gasteiger partial charge in [-0.2, -0.15) is 13.2 Å². The molecule has 0 aliphatic carbocycles. The number of hydrogen-bond acceptors (Lipinski definition) is 4. The lowest BCUT2D eigenvalue weighted by molar-refractivity contribution is -0.137. The van der Waals surface area contributed by atoms with Gasteiger partial charge in [0, 0.05) is 32.7 Å². The Kier molecular flexibility index (Phi) is 6.25. The average molecular weight is 373 g/mol. The summed E-state index contributed by atoms with van der Waals surface area (Å²) in [4.78, 5) is 27.2. The number of benzene rings is 1. The van der Waals surface area contributed by atoms with Gasteiger partial charge in [0.2, 0.25) is 5.91 Å². The summed E-state index contributed by atoms with van der Waals surface area (Å²) in [5.74, 6) is -0.620. The quantitative estimate of drug-likeness (QED) is 0.825. The number of carbonyl (C=O) groups is 2. The molecule has 1 fully saturated rings. The number of rotatable bonds is 4. The molecule has 9 heteroatoms. The molecule has 2 atom stereocenters. The molecule has 1 aromatic rings. The monoisotopic (exact) mass is 373 g/mol. The smallest absolute Gasteiger partial charge is 0.390 e. The molecular weight excluding hydrogens is 351 g/mol. The summed E-state index contributed by atoms with van der Waals surface area (Å²) in [7, 11) is 3.30. The van der Waals surface area contributed by atoms with Crippen molar-refractivity contribution in [3.8, 4) is 0 Å². The Morgan fingerprint density at radius 1 is 1.27 bits per heavy atom. The Morgan fingerprint density at radius 3 is 2.38 bits per heavy atom. The van der Waals surface area contributed by atoms with E-state index in [0.717, 1.165) is 24.3 Å². The van der Waals surface area contributed by atoms with Gasteiger partial charge in [-0.05, 0) is 30.7 Å². The van der Waals surface area contributed by atoms with Crippen molar-refractivity contribution in [1.29, 1.82) is 0 Å². The number of carbonyl (C=O) groups excluding carboxylic acids is 2. The Labute approximate surface area is 149 Å². The van der Waals surface area contributed by atoms with Crippen molar-refractivity contribution in [2.45, 2.75) is 24.7 Å². The van der Waals surface area contributed by atoms with Crippen LogP contribution >= 0.6 is 0 Å². The number of aliphatic hydroxyl groups is 1. The van der Waals surface area contributed by atoms with Gasteiger partial charge in [0.1, 0.15) is 0 Å². The number of amides is 2. The molecular formula is C17H22F3N3O3. The highest BCUT2D eigenvalue weighted by atomic mass is 19.4. The van der Waals surface area contributed by atoms with Crippen LogP contribution in [0, 0.1) is 0 Å². The minimum Gasteiger partial charge on any atom is -0.390 e. The molecule has 0 saturated carbocycles. The van der Waals surface area contributed by atoms with E-state index >= 15 is 0 Å². The second-order valence-electron chi connectivity index (χ2n) is 6.53. The fraction of sp³-hybridized carbons (Fsp3) is 0.529. The number of hydrogen-bond donors (Lipinski definition) is 2. The van der Waals surface area contributed by atoms with Crippen LogP contribution in [0.15, 0.2) is 24.3 Å². The lowest BCUT2D eigenvalue weighted by Crippen LogP contribution is -2.55. The van der Waals surface area contributed by atoms with Gasteiger partial charge in [-0.15, -0.1) is 0 Å². The number of nitrogens with one attached hydrogen (secondary N) is 1. The van der Waals surface area contributed by atoms with Crippen LogP contribution in [0.1, 0.15) is 22.3 Å². The molecule has 6 nitrogen and oxygen atoms in total. The van der Waals surface area contributed by atoms with Gasteiger partial charge in [0.25, 0.3) is 5.91 Å². The van der Waals surface area contributed by atoms with Crippen LogP contribution in [0.2, 0.25) is 0 Å². The molecule has 1 aliphatic rings. The fourth-order valence-corrected chi connectivity index (χ4v) is 2.70. The van der Waals surface area contributed by atoms with E-state index < -0.39 is 29.8 Å². The van der Waals surface area contributed by atoms with Crippen molar-refractivity contribution >= 4 is 11.8 Å². The van der Waals surface area contributed by atoms with Crippen LogP contribution in [0.3, 0.4) is 0 Å². The molecule has 0 unspecified atom stereocenters. The molecule has 26 heavy (non-hydrogen) atoms. The van der Waals surface area contributed by atoms with Gasteiger partial charge in [-0.1, -0.05) is 0 Å². The number of aliphatic hydroxyl groups excluding tert-OH is 1. The van der Waals surface area contributed by atoms with Gasteiger partial charge in [0.05, 0.1) is 24.3 Å². The Bertz CT molecular complexity index is 647. The largest absolute Gasteiger partial charge is 0.416 e. The fourth-order valence-electron chi connectivity index (χ4n) is 2.70. The summed E-state index contributed by atoms with van der Waals surface area (Å²) in [5, 5.41) is 12.9. The second-order valence-corrected chi connectivity index (χ2v) is 6.53. The Morgan fingerprint density at radius 2 is 1.88 bits per heavy atom. The maximum absolute atomic E-state index is 12.6. The van der Waals surface area contributed by atoms with Crippen LogP contribution in [-0.2, 0) is 11.0 Å². The molecule has 0 aromatic heterocycles. The SMILES string of the molecule is CN(C)C(=O)CN1CC[C@@H](NC(=O)c2ccc(C(F)(F)F)cc2)[C@H](O)C1. The van der Waals surface area contributed by atoms with Gasteiger partial charge < -0.3 is 15.3 Å². The number of likely N-dealkylation sites (tertiary alicyclic amines) is 1. The molecule has 0 spiro atoms. The Hall–Kier alpha value is -2.13. The normalized spacial score (nSPS) is 21.3. The molecule has 1 aliphatic heterocycles. The number of piperidine rings is 1. The molecule has 0 bridgehead atoms. The third-order valence-corrected chi connectivity index (χ3v) is 4.31. The molecule has 0 radical (unpaired) electrons. The van der Waals surface area contributed by atoms with E-state index in [1.165, 1.54) is 4.90 Å². The standard InChI is InChI=1S/C17H22F3N3O3/c1-22(2)15(25)10-23-8-7-13(14(24)9-23)21-16(26)11-3-5-12(6-4-11)17(18,19)20/h3-6,13-14,24H,7-10H2,1-2H3,(H,21,26)/t13-,14-/m1/s1.